The Labute approximate surface area is 223 Å². The van der Waals surface area contributed by atoms with Crippen molar-refractivity contribution in [3.8, 4) is 5.75 Å². The van der Waals surface area contributed by atoms with Crippen LogP contribution in [0.2, 0.25) is 0 Å². The van der Waals surface area contributed by atoms with Crippen molar-refractivity contribution in [2.45, 2.75) is 97.4 Å². The van der Waals surface area contributed by atoms with E-state index in [0.29, 0.717) is 12.0 Å². The van der Waals surface area contributed by atoms with Crippen LogP contribution < -0.4 is 10.1 Å². The van der Waals surface area contributed by atoms with Crippen LogP contribution in [0.4, 0.5) is 0 Å². The van der Waals surface area contributed by atoms with Gasteiger partial charge in [-0.25, -0.2) is 0 Å². The van der Waals surface area contributed by atoms with E-state index in [1.165, 1.54) is 44.1 Å². The molecule has 0 aliphatic heterocycles. The summed E-state index contributed by atoms with van der Waals surface area (Å²) in [6.45, 7) is 9.56. The van der Waals surface area contributed by atoms with E-state index >= 15 is 0 Å². The molecule has 4 heteroatoms. The molecule has 1 amide bonds. The predicted molar refractivity (Wildman–Crippen MR) is 148 cm³/mol. The molecule has 37 heavy (non-hydrogen) atoms. The molecule has 5 aliphatic rings. The maximum Gasteiger partial charge on any atom is 0.288 e. The molecule has 0 radical (unpaired) electrons. The smallest absolute Gasteiger partial charge is 0.288 e. The number of hydrogen-bond acceptors (Lipinski definition) is 3. The maximum absolute atomic E-state index is 12.9. The van der Waals surface area contributed by atoms with Gasteiger partial charge in [-0.3, -0.25) is 9.59 Å². The number of hydrogen-bond donors (Lipinski definition) is 1. The minimum Gasteiger partial charge on any atom is -0.489 e. The molecule has 1 aromatic rings. The van der Waals surface area contributed by atoms with Crippen molar-refractivity contribution in [1.29, 1.82) is 0 Å². The zero-order chi connectivity index (χ0) is 26.3. The number of amides is 1. The van der Waals surface area contributed by atoms with E-state index in [4.69, 9.17) is 4.74 Å². The molecule has 4 nitrogen and oxygen atoms in total. The minimum absolute atomic E-state index is 0.106. The number of rotatable bonds is 10. The van der Waals surface area contributed by atoms with Gasteiger partial charge in [0.05, 0.1) is 0 Å². The lowest BCUT2D eigenvalue weighted by molar-refractivity contribution is -0.141. The van der Waals surface area contributed by atoms with E-state index in [0.717, 1.165) is 48.3 Å². The Kier molecular flexibility index (Phi) is 7.15. The quantitative estimate of drug-likeness (QED) is 0.350. The first-order chi connectivity index (χ1) is 17.5. The van der Waals surface area contributed by atoms with Gasteiger partial charge in [-0.05, 0) is 123 Å². The summed E-state index contributed by atoms with van der Waals surface area (Å²) in [6, 6.07) is 7.52. The third kappa shape index (κ3) is 5.89. The normalized spacial score (nSPS) is 28.6. The van der Waals surface area contributed by atoms with Crippen LogP contribution in [0.25, 0.3) is 0 Å². The van der Waals surface area contributed by atoms with Gasteiger partial charge >= 0.3 is 0 Å². The van der Waals surface area contributed by atoms with Crippen LogP contribution in [0.3, 0.4) is 0 Å². The topological polar surface area (TPSA) is 55.4 Å². The Bertz CT molecular complexity index is 1040. The number of Topliss-reactive ketones (excluding diaryl/α,β-unsaturated/α-hetero) is 1. The molecule has 6 rings (SSSR count). The Morgan fingerprint density at radius 2 is 1.57 bits per heavy atom. The molecule has 0 unspecified atom stereocenters. The zero-order valence-corrected chi connectivity index (χ0v) is 23.3. The van der Waals surface area contributed by atoms with Crippen molar-refractivity contribution >= 4 is 11.7 Å². The van der Waals surface area contributed by atoms with Crippen molar-refractivity contribution in [1.82, 2.24) is 5.32 Å². The minimum atomic E-state index is -0.470. The van der Waals surface area contributed by atoms with E-state index in [-0.39, 0.29) is 17.6 Å². The van der Waals surface area contributed by atoms with Crippen molar-refractivity contribution < 1.29 is 14.3 Å². The monoisotopic (exact) mass is 503 g/mol. The van der Waals surface area contributed by atoms with E-state index < -0.39 is 11.4 Å². The highest BCUT2D eigenvalue weighted by Crippen LogP contribution is 2.67. The zero-order valence-electron chi connectivity index (χ0n) is 23.3. The molecule has 0 spiro atoms. The Morgan fingerprint density at radius 3 is 2.14 bits per heavy atom. The highest BCUT2D eigenvalue weighted by Gasteiger charge is 2.57. The average Bonchev–Trinajstić information content (AvgIpc) is 2.82. The van der Waals surface area contributed by atoms with Crippen LogP contribution in [0.15, 0.2) is 48.1 Å². The summed E-state index contributed by atoms with van der Waals surface area (Å²) in [6.07, 6.45) is 18.0. The molecule has 0 saturated heterocycles. The highest BCUT2D eigenvalue weighted by atomic mass is 16.5. The molecule has 5 aliphatic carbocycles. The van der Waals surface area contributed by atoms with Crippen LogP contribution in [0, 0.1) is 28.6 Å². The number of ketones is 1. The van der Waals surface area contributed by atoms with Gasteiger partial charge in [0.1, 0.15) is 12.4 Å². The van der Waals surface area contributed by atoms with Crippen LogP contribution in [-0.2, 0) is 16.0 Å². The molecule has 0 heterocycles. The highest BCUT2D eigenvalue weighted by molar-refractivity contribution is 6.36. The SMILES string of the molecule is CC(C)(CC(C)(C)C12CC3CC(CC(C3)C1)C2)NC(=O)C(=O)Cc1ccc(OCC2=CCCC=C2)cc1. The molecule has 4 bridgehead atoms. The first-order valence-electron chi connectivity index (χ1n) is 14.5. The van der Waals surface area contributed by atoms with Gasteiger partial charge in [-0.2, -0.15) is 0 Å². The predicted octanol–water partition coefficient (Wildman–Crippen LogP) is 6.98. The average molecular weight is 504 g/mol. The van der Waals surface area contributed by atoms with Gasteiger partial charge < -0.3 is 10.1 Å². The fourth-order valence-electron chi connectivity index (χ4n) is 8.56. The van der Waals surface area contributed by atoms with E-state index in [1.54, 1.807) is 0 Å². The number of allylic oxidation sites excluding steroid dienone is 2. The summed E-state index contributed by atoms with van der Waals surface area (Å²) in [5.74, 6) is 2.64. The third-order valence-electron chi connectivity index (χ3n) is 9.83. The Balaban J connectivity index is 1.14. The van der Waals surface area contributed by atoms with Crippen molar-refractivity contribution in [2.75, 3.05) is 6.61 Å². The van der Waals surface area contributed by atoms with Gasteiger partial charge in [-0.1, -0.05) is 44.2 Å². The fraction of sp³-hybridized carbons (Fsp3) is 0.636. The fourth-order valence-corrected chi connectivity index (χ4v) is 8.56. The van der Waals surface area contributed by atoms with Crippen LogP contribution in [0.1, 0.15) is 91.0 Å². The number of carbonyl (C=O) groups excluding carboxylic acids is 2. The van der Waals surface area contributed by atoms with Gasteiger partial charge in [0.2, 0.25) is 5.78 Å². The third-order valence-corrected chi connectivity index (χ3v) is 9.83. The second-order valence-corrected chi connectivity index (χ2v) is 13.9. The number of carbonyl (C=O) groups is 2. The summed E-state index contributed by atoms with van der Waals surface area (Å²) in [5.41, 5.74) is 2.11. The summed E-state index contributed by atoms with van der Waals surface area (Å²) in [7, 11) is 0. The first kappa shape index (κ1) is 26.3. The standard InChI is InChI=1S/C33H45NO3/c1-31(2,33-18-25-14-26(19-33)16-27(15-25)20-33)22-32(3,4)34-30(36)29(35)17-23-10-12-28(13-11-23)37-21-24-8-6-5-7-9-24/h6,8-13,25-27H,5,7,14-22H2,1-4H3,(H,34,36). The van der Waals surface area contributed by atoms with E-state index in [1.807, 2.05) is 24.3 Å². The molecule has 0 atom stereocenters. The summed E-state index contributed by atoms with van der Waals surface area (Å²) in [4.78, 5) is 25.8. The van der Waals surface area contributed by atoms with Crippen molar-refractivity contribution in [3.63, 3.8) is 0 Å². The second kappa shape index (κ2) is 10.1. The molecular formula is C33H45NO3. The lowest BCUT2D eigenvalue weighted by Crippen LogP contribution is -2.56. The number of nitrogens with one attached hydrogen (secondary N) is 1. The molecule has 1 N–H and O–H groups in total. The molecule has 200 valence electrons. The lowest BCUT2D eigenvalue weighted by Gasteiger charge is -2.63. The van der Waals surface area contributed by atoms with E-state index in [2.05, 4.69) is 51.2 Å². The van der Waals surface area contributed by atoms with Crippen LogP contribution in [0.5, 0.6) is 5.75 Å². The Morgan fingerprint density at radius 1 is 0.946 bits per heavy atom. The first-order valence-corrected chi connectivity index (χ1v) is 14.5. The van der Waals surface area contributed by atoms with E-state index in [9.17, 15) is 9.59 Å². The lowest BCUT2D eigenvalue weighted by atomic mass is 9.42. The van der Waals surface area contributed by atoms with Gasteiger partial charge in [0.25, 0.3) is 5.91 Å². The molecular weight excluding hydrogens is 458 g/mol. The maximum atomic E-state index is 12.9. The number of ether oxygens (including phenoxy) is 1. The summed E-state index contributed by atoms with van der Waals surface area (Å²) >= 11 is 0. The molecule has 4 saturated carbocycles. The second-order valence-electron chi connectivity index (χ2n) is 13.9. The number of benzene rings is 1. The van der Waals surface area contributed by atoms with Gasteiger partial charge in [0.15, 0.2) is 0 Å². The molecule has 4 fully saturated rings. The molecule has 1 aromatic carbocycles. The van der Waals surface area contributed by atoms with Crippen LogP contribution >= 0.6 is 0 Å². The summed E-state index contributed by atoms with van der Waals surface area (Å²) < 4.78 is 5.87. The van der Waals surface area contributed by atoms with Crippen molar-refractivity contribution in [2.24, 2.45) is 28.6 Å². The van der Waals surface area contributed by atoms with Gasteiger partial charge in [0, 0.05) is 12.0 Å². The molecule has 0 aromatic heterocycles. The Hall–Kier alpha value is -2.36. The van der Waals surface area contributed by atoms with Crippen LogP contribution in [-0.4, -0.2) is 23.8 Å². The van der Waals surface area contributed by atoms with Crippen molar-refractivity contribution in [3.05, 3.63) is 53.6 Å². The largest absolute Gasteiger partial charge is 0.489 e. The van der Waals surface area contributed by atoms with Gasteiger partial charge in [-0.15, -0.1) is 0 Å². The summed E-state index contributed by atoms with van der Waals surface area (Å²) in [5, 5.41) is 3.11.